The van der Waals surface area contributed by atoms with Gasteiger partial charge in [0.2, 0.25) is 0 Å². The molecule has 0 amide bonds. The van der Waals surface area contributed by atoms with Crippen LogP contribution < -0.4 is 9.64 Å². The lowest BCUT2D eigenvalue weighted by Crippen LogP contribution is -2.32. The number of nitro benzene ring substituents is 1. The molecule has 1 aromatic carbocycles. The van der Waals surface area contributed by atoms with Crippen molar-refractivity contribution in [3.8, 4) is 5.75 Å². The number of anilines is 1. The Kier molecular flexibility index (Phi) is 6.24. The normalized spacial score (nSPS) is 10.7. The highest BCUT2D eigenvalue weighted by Gasteiger charge is 2.18. The lowest BCUT2D eigenvalue weighted by atomic mass is 10.2. The Bertz CT molecular complexity index is 449. The molecule has 0 saturated carbocycles. The van der Waals surface area contributed by atoms with Crippen molar-refractivity contribution < 1.29 is 14.8 Å². The Morgan fingerprint density at radius 3 is 2.65 bits per heavy atom. The molecule has 6 nitrogen and oxygen atoms in total. The average molecular weight is 282 g/mol. The summed E-state index contributed by atoms with van der Waals surface area (Å²) in [5.74, 6) is 0.282. The number of nitro groups is 1. The monoisotopic (exact) mass is 282 g/mol. The minimum atomic E-state index is -0.442. The zero-order valence-corrected chi connectivity index (χ0v) is 12.2. The second-order valence-electron chi connectivity index (χ2n) is 4.71. The average Bonchev–Trinajstić information content (AvgIpc) is 2.39. The van der Waals surface area contributed by atoms with E-state index in [1.165, 1.54) is 6.07 Å². The van der Waals surface area contributed by atoms with Crippen molar-refractivity contribution in [3.05, 3.63) is 28.3 Å². The molecular weight excluding hydrogens is 260 g/mol. The van der Waals surface area contributed by atoms with Crippen LogP contribution in [-0.4, -0.2) is 35.8 Å². The molecule has 0 atom stereocenters. The highest BCUT2D eigenvalue weighted by molar-refractivity contribution is 5.59. The lowest BCUT2D eigenvalue weighted by Gasteiger charge is -2.29. The lowest BCUT2D eigenvalue weighted by molar-refractivity contribution is -0.385. The van der Waals surface area contributed by atoms with E-state index in [9.17, 15) is 10.1 Å². The van der Waals surface area contributed by atoms with Gasteiger partial charge in [-0.25, -0.2) is 0 Å². The van der Waals surface area contributed by atoms with E-state index in [2.05, 4.69) is 4.90 Å². The van der Waals surface area contributed by atoms with Crippen LogP contribution in [0.2, 0.25) is 0 Å². The molecule has 112 valence electrons. The maximum Gasteiger partial charge on any atom is 0.311 e. The van der Waals surface area contributed by atoms with E-state index in [0.717, 1.165) is 5.69 Å². The van der Waals surface area contributed by atoms with Crippen molar-refractivity contribution >= 4 is 11.4 Å². The molecule has 0 spiro atoms. The van der Waals surface area contributed by atoms with Gasteiger partial charge >= 0.3 is 5.69 Å². The second-order valence-corrected chi connectivity index (χ2v) is 4.71. The van der Waals surface area contributed by atoms with E-state index < -0.39 is 4.92 Å². The van der Waals surface area contributed by atoms with Crippen molar-refractivity contribution in [1.29, 1.82) is 0 Å². The third kappa shape index (κ3) is 4.09. The predicted molar refractivity (Wildman–Crippen MR) is 78.5 cm³/mol. The largest absolute Gasteiger partial charge is 0.487 e. The van der Waals surface area contributed by atoms with Gasteiger partial charge in [0.15, 0.2) is 5.75 Å². The molecule has 0 fully saturated rings. The summed E-state index contributed by atoms with van der Waals surface area (Å²) in [7, 11) is 0. The van der Waals surface area contributed by atoms with Crippen LogP contribution in [0.25, 0.3) is 0 Å². The molecule has 20 heavy (non-hydrogen) atoms. The molecule has 0 aliphatic carbocycles. The number of ether oxygens (including phenoxy) is 1. The van der Waals surface area contributed by atoms with Gasteiger partial charge in [-0.1, -0.05) is 0 Å². The molecule has 0 aliphatic rings. The number of benzene rings is 1. The molecule has 0 heterocycles. The Balaban J connectivity index is 3.10. The molecule has 1 N–H and O–H groups in total. The summed E-state index contributed by atoms with van der Waals surface area (Å²) in [5.41, 5.74) is 0.837. The third-order valence-corrected chi connectivity index (χ3v) is 2.95. The van der Waals surface area contributed by atoms with Crippen LogP contribution in [0.5, 0.6) is 5.75 Å². The van der Waals surface area contributed by atoms with Gasteiger partial charge in [-0.05, 0) is 33.3 Å². The Morgan fingerprint density at radius 2 is 2.15 bits per heavy atom. The molecular formula is C14H22N2O4. The van der Waals surface area contributed by atoms with Gasteiger partial charge in [0.25, 0.3) is 0 Å². The van der Waals surface area contributed by atoms with Crippen molar-refractivity contribution in [3.63, 3.8) is 0 Å². The fourth-order valence-electron chi connectivity index (χ4n) is 2.03. The molecule has 0 saturated heterocycles. The molecule has 1 aromatic rings. The number of hydrogen-bond acceptors (Lipinski definition) is 5. The fraction of sp³-hybridized carbons (Fsp3) is 0.571. The van der Waals surface area contributed by atoms with E-state index >= 15 is 0 Å². The molecule has 0 unspecified atom stereocenters. The Hall–Kier alpha value is -1.82. The van der Waals surface area contributed by atoms with Crippen LogP contribution in [0, 0.1) is 10.1 Å². The molecule has 6 heteroatoms. The van der Waals surface area contributed by atoms with Gasteiger partial charge in [-0.2, -0.15) is 0 Å². The topological polar surface area (TPSA) is 75.8 Å². The van der Waals surface area contributed by atoms with Crippen LogP contribution in [0.15, 0.2) is 18.2 Å². The zero-order chi connectivity index (χ0) is 15.1. The molecule has 0 aromatic heterocycles. The molecule has 0 radical (unpaired) electrons. The van der Waals surface area contributed by atoms with Crippen molar-refractivity contribution in [2.45, 2.75) is 33.2 Å². The maximum atomic E-state index is 11.0. The minimum Gasteiger partial charge on any atom is -0.487 e. The first-order valence-corrected chi connectivity index (χ1v) is 6.80. The van der Waals surface area contributed by atoms with Crippen molar-refractivity contribution in [2.24, 2.45) is 0 Å². The second kappa shape index (κ2) is 7.69. The van der Waals surface area contributed by atoms with Gasteiger partial charge in [-0.15, -0.1) is 0 Å². The summed E-state index contributed by atoms with van der Waals surface area (Å²) in [6.07, 6.45) is 0.652. The summed E-state index contributed by atoms with van der Waals surface area (Å²) in [5, 5.41) is 19.9. The van der Waals surface area contributed by atoms with Gasteiger partial charge in [0.1, 0.15) is 0 Å². The van der Waals surface area contributed by atoms with E-state index in [1.54, 1.807) is 19.1 Å². The number of aliphatic hydroxyl groups excluding tert-OH is 1. The number of nitrogens with zero attached hydrogens (tertiary/aromatic N) is 2. The fourth-order valence-corrected chi connectivity index (χ4v) is 2.03. The quantitative estimate of drug-likeness (QED) is 0.586. The number of hydrogen-bond donors (Lipinski definition) is 1. The summed E-state index contributed by atoms with van der Waals surface area (Å²) < 4.78 is 5.36. The first-order valence-electron chi connectivity index (χ1n) is 6.80. The zero-order valence-electron chi connectivity index (χ0n) is 12.2. The van der Waals surface area contributed by atoms with Crippen LogP contribution >= 0.6 is 0 Å². The highest BCUT2D eigenvalue weighted by Crippen LogP contribution is 2.32. The van der Waals surface area contributed by atoms with E-state index in [1.807, 2.05) is 13.8 Å². The van der Waals surface area contributed by atoms with Crippen LogP contribution in [0.3, 0.4) is 0 Å². The standard InChI is InChI=1S/C14H22N2O4/c1-4-20-14-10-12(6-7-13(14)16(18)19)15(11(2)3)8-5-9-17/h6-7,10-11,17H,4-5,8-9H2,1-3H3. The van der Waals surface area contributed by atoms with E-state index in [-0.39, 0.29) is 24.1 Å². The minimum absolute atomic E-state index is 0.0264. The summed E-state index contributed by atoms with van der Waals surface area (Å²) in [6.45, 7) is 7.06. The van der Waals surface area contributed by atoms with Gasteiger partial charge < -0.3 is 14.7 Å². The van der Waals surface area contributed by atoms with Crippen LogP contribution in [-0.2, 0) is 0 Å². The SMILES string of the molecule is CCOc1cc(N(CCCO)C(C)C)ccc1[N+](=O)[O-]. The summed E-state index contributed by atoms with van der Waals surface area (Å²) in [4.78, 5) is 12.6. The smallest absolute Gasteiger partial charge is 0.311 e. The third-order valence-electron chi connectivity index (χ3n) is 2.95. The van der Waals surface area contributed by atoms with Crippen molar-refractivity contribution in [1.82, 2.24) is 0 Å². The molecule has 0 bridgehead atoms. The van der Waals surface area contributed by atoms with E-state index in [0.29, 0.717) is 19.6 Å². The number of aliphatic hydroxyl groups is 1. The van der Waals surface area contributed by atoms with Crippen molar-refractivity contribution in [2.75, 3.05) is 24.7 Å². The Morgan fingerprint density at radius 1 is 1.45 bits per heavy atom. The molecule has 1 rings (SSSR count). The van der Waals surface area contributed by atoms with Crippen LogP contribution in [0.1, 0.15) is 27.2 Å². The maximum absolute atomic E-state index is 11.0. The number of rotatable bonds is 8. The van der Waals surface area contributed by atoms with Gasteiger partial charge in [0.05, 0.1) is 11.5 Å². The predicted octanol–water partition coefficient (Wildman–Crippen LogP) is 2.59. The van der Waals surface area contributed by atoms with Crippen LogP contribution in [0.4, 0.5) is 11.4 Å². The summed E-state index contributed by atoms with van der Waals surface area (Å²) >= 11 is 0. The summed E-state index contributed by atoms with van der Waals surface area (Å²) in [6, 6.07) is 5.11. The first-order chi connectivity index (χ1) is 9.51. The van der Waals surface area contributed by atoms with E-state index in [4.69, 9.17) is 9.84 Å². The molecule has 0 aliphatic heterocycles. The Labute approximate surface area is 119 Å². The van der Waals surface area contributed by atoms with Gasteiger partial charge in [0, 0.05) is 37.0 Å². The van der Waals surface area contributed by atoms with Gasteiger partial charge in [-0.3, -0.25) is 10.1 Å². The first kappa shape index (κ1) is 16.2. The highest BCUT2D eigenvalue weighted by atomic mass is 16.6.